The molecule has 8 nitrogen and oxygen atoms in total. The maximum absolute atomic E-state index is 13.6. The van der Waals surface area contributed by atoms with Crippen molar-refractivity contribution in [3.8, 4) is 0 Å². The predicted octanol–water partition coefficient (Wildman–Crippen LogP) is 4.58. The number of nitrogens with zero attached hydrogens (tertiary/aromatic N) is 3. The van der Waals surface area contributed by atoms with E-state index in [2.05, 4.69) is 11.4 Å². The molecule has 4 aromatic rings. The molecular formula is C29H24N4O4. The van der Waals surface area contributed by atoms with Crippen LogP contribution in [0.15, 0.2) is 101 Å². The van der Waals surface area contributed by atoms with E-state index in [0.29, 0.717) is 12.2 Å². The molecule has 1 fully saturated rings. The van der Waals surface area contributed by atoms with Gasteiger partial charge in [-0.05, 0) is 47.0 Å². The van der Waals surface area contributed by atoms with E-state index in [4.69, 9.17) is 9.52 Å². The van der Waals surface area contributed by atoms with Crippen molar-refractivity contribution >= 4 is 34.3 Å². The lowest BCUT2D eigenvalue weighted by molar-refractivity contribution is -0.140. The van der Waals surface area contributed by atoms with Gasteiger partial charge in [-0.1, -0.05) is 66.7 Å². The Balaban J connectivity index is 1.31. The molecule has 2 aliphatic rings. The van der Waals surface area contributed by atoms with Crippen molar-refractivity contribution in [3.63, 3.8) is 0 Å². The van der Waals surface area contributed by atoms with E-state index in [9.17, 15) is 14.4 Å². The second-order valence-electron chi connectivity index (χ2n) is 9.40. The van der Waals surface area contributed by atoms with Crippen LogP contribution >= 0.6 is 0 Å². The Morgan fingerprint density at radius 2 is 1.76 bits per heavy atom. The summed E-state index contributed by atoms with van der Waals surface area (Å²) in [5.74, 6) is -0.687. The number of rotatable bonds is 5. The molecule has 0 spiro atoms. The van der Waals surface area contributed by atoms with Gasteiger partial charge in [0.05, 0.1) is 18.0 Å². The highest BCUT2D eigenvalue weighted by Crippen LogP contribution is 2.34. The number of benzene rings is 3. The van der Waals surface area contributed by atoms with E-state index in [1.807, 2.05) is 66.7 Å². The highest BCUT2D eigenvalue weighted by Gasteiger charge is 2.52. The van der Waals surface area contributed by atoms with Crippen LogP contribution in [0.25, 0.3) is 10.8 Å². The molecule has 184 valence electrons. The first-order chi connectivity index (χ1) is 17.9. The minimum atomic E-state index is -1.37. The molecule has 8 heteroatoms. The summed E-state index contributed by atoms with van der Waals surface area (Å²) in [6, 6.07) is 26.1. The number of carbonyl (C=O) groups excluding carboxylic acids is 3. The summed E-state index contributed by atoms with van der Waals surface area (Å²) < 4.78 is 5.38. The Bertz CT molecular complexity index is 1550. The molecule has 0 bridgehead atoms. The lowest BCUT2D eigenvalue weighted by Crippen LogP contribution is -2.43. The number of amides is 4. The Labute approximate surface area is 213 Å². The Morgan fingerprint density at radius 3 is 2.51 bits per heavy atom. The van der Waals surface area contributed by atoms with Crippen LogP contribution in [0.5, 0.6) is 0 Å². The van der Waals surface area contributed by atoms with Crippen LogP contribution in [0.3, 0.4) is 0 Å². The van der Waals surface area contributed by atoms with Crippen LogP contribution in [-0.2, 0) is 15.1 Å². The van der Waals surface area contributed by atoms with Gasteiger partial charge in [-0.15, -0.1) is 0 Å². The predicted molar refractivity (Wildman–Crippen MR) is 137 cm³/mol. The third kappa shape index (κ3) is 3.87. The molecule has 1 N–H and O–H groups in total. The molecule has 3 aromatic carbocycles. The van der Waals surface area contributed by atoms with Gasteiger partial charge in [0.1, 0.15) is 12.3 Å². The van der Waals surface area contributed by atoms with Crippen molar-refractivity contribution in [3.05, 3.63) is 108 Å². The summed E-state index contributed by atoms with van der Waals surface area (Å²) in [6.45, 7) is 1.13. The second-order valence-corrected chi connectivity index (χ2v) is 9.40. The van der Waals surface area contributed by atoms with Gasteiger partial charge >= 0.3 is 6.03 Å². The normalized spacial score (nSPS) is 21.4. The maximum atomic E-state index is 13.6. The summed E-state index contributed by atoms with van der Waals surface area (Å²) in [4.78, 5) is 40.5. The van der Waals surface area contributed by atoms with E-state index in [1.165, 1.54) is 11.3 Å². The quantitative estimate of drug-likeness (QED) is 0.413. The van der Waals surface area contributed by atoms with Gasteiger partial charge in [-0.2, -0.15) is 5.10 Å². The highest BCUT2D eigenvalue weighted by atomic mass is 16.3. The maximum Gasteiger partial charge on any atom is 0.325 e. The van der Waals surface area contributed by atoms with Crippen molar-refractivity contribution in [2.24, 2.45) is 5.10 Å². The number of hydrazone groups is 1. The van der Waals surface area contributed by atoms with Gasteiger partial charge in [0, 0.05) is 6.42 Å². The van der Waals surface area contributed by atoms with Gasteiger partial charge in [-0.25, -0.2) is 9.80 Å². The van der Waals surface area contributed by atoms with Crippen molar-refractivity contribution in [2.45, 2.75) is 24.9 Å². The van der Waals surface area contributed by atoms with Crippen LogP contribution in [0.4, 0.5) is 4.79 Å². The lowest BCUT2D eigenvalue weighted by atomic mass is 9.97. The molecule has 37 heavy (non-hydrogen) atoms. The van der Waals surface area contributed by atoms with Crippen LogP contribution in [0, 0.1) is 0 Å². The van der Waals surface area contributed by atoms with Gasteiger partial charge in [0.25, 0.3) is 11.8 Å². The Morgan fingerprint density at radius 1 is 1.00 bits per heavy atom. The van der Waals surface area contributed by atoms with Crippen LogP contribution < -0.4 is 5.32 Å². The number of hydrogen-bond acceptors (Lipinski definition) is 5. The smallest absolute Gasteiger partial charge is 0.325 e. The fourth-order valence-electron chi connectivity index (χ4n) is 5.00. The first-order valence-electron chi connectivity index (χ1n) is 12.1. The largest absolute Gasteiger partial charge is 0.466 e. The molecular weight excluding hydrogens is 468 g/mol. The molecule has 0 saturated carbocycles. The standard InChI is InChI=1S/C29H24N4O4/c1-29(25-12-7-15-37-25)27(35)32(28(36)30-29)18-26(34)33-24(20-9-3-2-4-10-20)17-23(31-33)22-14-13-19-8-5-6-11-21(19)16-22/h2-16,24H,17-18H2,1H3,(H,30,36). The molecule has 0 radical (unpaired) electrons. The topological polar surface area (TPSA) is 95.2 Å². The Hall–Kier alpha value is -4.72. The summed E-state index contributed by atoms with van der Waals surface area (Å²) >= 11 is 0. The van der Waals surface area contributed by atoms with Gasteiger partial charge in [-0.3, -0.25) is 14.5 Å². The molecule has 2 aliphatic heterocycles. The molecule has 1 saturated heterocycles. The molecule has 3 heterocycles. The summed E-state index contributed by atoms with van der Waals surface area (Å²) in [5, 5.41) is 11.0. The Kier molecular flexibility index (Phi) is 5.37. The highest BCUT2D eigenvalue weighted by molar-refractivity contribution is 6.09. The number of fused-ring (bicyclic) bond motifs is 1. The number of hydrogen-bond donors (Lipinski definition) is 1. The molecule has 6 rings (SSSR count). The monoisotopic (exact) mass is 492 g/mol. The van der Waals surface area contributed by atoms with Crippen molar-refractivity contribution in [2.75, 3.05) is 6.54 Å². The van der Waals surface area contributed by atoms with Gasteiger partial charge in [0.15, 0.2) is 5.54 Å². The zero-order valence-electron chi connectivity index (χ0n) is 20.1. The third-order valence-corrected chi connectivity index (χ3v) is 7.02. The van der Waals surface area contributed by atoms with Crippen molar-refractivity contribution in [1.29, 1.82) is 0 Å². The molecule has 0 aliphatic carbocycles. The van der Waals surface area contributed by atoms with E-state index in [-0.39, 0.29) is 6.04 Å². The second kappa shape index (κ2) is 8.74. The van der Waals surface area contributed by atoms with E-state index >= 15 is 0 Å². The number of furan rings is 1. The third-order valence-electron chi connectivity index (χ3n) is 7.02. The number of carbonyl (C=O) groups is 3. The molecule has 4 amide bonds. The number of imide groups is 1. The summed E-state index contributed by atoms with van der Waals surface area (Å²) in [6.07, 6.45) is 1.95. The average molecular weight is 493 g/mol. The zero-order valence-corrected chi connectivity index (χ0v) is 20.1. The fourth-order valence-corrected chi connectivity index (χ4v) is 5.00. The first-order valence-corrected chi connectivity index (χ1v) is 12.1. The molecule has 2 unspecified atom stereocenters. The molecule has 2 atom stereocenters. The number of urea groups is 1. The minimum Gasteiger partial charge on any atom is -0.466 e. The van der Waals surface area contributed by atoms with E-state index in [0.717, 1.165) is 32.5 Å². The number of nitrogens with one attached hydrogen (secondary N) is 1. The molecule has 1 aromatic heterocycles. The van der Waals surface area contributed by atoms with E-state index in [1.54, 1.807) is 19.1 Å². The van der Waals surface area contributed by atoms with Crippen LogP contribution in [-0.4, -0.2) is 40.0 Å². The van der Waals surface area contributed by atoms with Crippen LogP contribution in [0.2, 0.25) is 0 Å². The van der Waals surface area contributed by atoms with Crippen LogP contribution in [0.1, 0.15) is 36.3 Å². The van der Waals surface area contributed by atoms with Crippen molar-refractivity contribution < 1.29 is 18.8 Å². The van der Waals surface area contributed by atoms with E-state index < -0.39 is 29.9 Å². The average Bonchev–Trinajstić information content (AvgIpc) is 3.66. The fraction of sp³-hybridized carbons (Fsp3) is 0.172. The van der Waals surface area contributed by atoms with Gasteiger partial charge < -0.3 is 9.73 Å². The van der Waals surface area contributed by atoms with Gasteiger partial charge in [0.2, 0.25) is 0 Å². The lowest BCUT2D eigenvalue weighted by Gasteiger charge is -2.24. The van der Waals surface area contributed by atoms with Crippen molar-refractivity contribution in [1.82, 2.24) is 15.2 Å². The summed E-state index contributed by atoms with van der Waals surface area (Å²) in [7, 11) is 0. The SMILES string of the molecule is CC1(c2ccco2)NC(=O)N(CC(=O)N2N=C(c3ccc4ccccc4c3)CC2c2ccccc2)C1=O. The summed E-state index contributed by atoms with van der Waals surface area (Å²) in [5.41, 5.74) is 1.25. The minimum absolute atomic E-state index is 0.306. The first kappa shape index (κ1) is 22.7. The zero-order chi connectivity index (χ0) is 25.6.